The summed E-state index contributed by atoms with van der Waals surface area (Å²) in [5.41, 5.74) is -0.844. The van der Waals surface area contributed by atoms with Crippen LogP contribution in [-0.4, -0.2) is 12.5 Å². The predicted molar refractivity (Wildman–Crippen MR) is 62.4 cm³/mol. The van der Waals surface area contributed by atoms with Crippen LogP contribution >= 0.6 is 11.6 Å². The molecule has 0 spiro atoms. The van der Waals surface area contributed by atoms with Crippen molar-refractivity contribution in [1.29, 1.82) is 0 Å². The molecule has 0 saturated carbocycles. The molecule has 0 aliphatic rings. The van der Waals surface area contributed by atoms with Gasteiger partial charge in [0.05, 0.1) is 7.11 Å². The van der Waals surface area contributed by atoms with Gasteiger partial charge in [-0.25, -0.2) is 4.79 Å². The number of hydrogen-bond acceptors (Lipinski definition) is 3. The van der Waals surface area contributed by atoms with Crippen LogP contribution in [-0.2, 0) is 0 Å². The zero-order valence-electron chi connectivity index (χ0n) is 8.57. The number of methoxy groups -OCH3 is 1. The molecule has 0 fully saturated rings. The minimum Gasteiger partial charge on any atom is -0.497 e. The van der Waals surface area contributed by atoms with Crippen LogP contribution in [0.5, 0.6) is 11.5 Å². The number of halogens is 1. The van der Waals surface area contributed by atoms with Gasteiger partial charge in [-0.05, 0) is 29.7 Å². The van der Waals surface area contributed by atoms with E-state index in [9.17, 15) is 4.79 Å². The summed E-state index contributed by atoms with van der Waals surface area (Å²) >= 11 is 5.19. The quantitative estimate of drug-likeness (QED) is 0.748. The SMILES string of the molecule is COc1ccc2c(OC(=O)Cl)cccc2c1. The molecule has 0 N–H and O–H groups in total. The first-order valence-corrected chi connectivity index (χ1v) is 5.02. The molecule has 2 aromatic rings. The molecule has 4 heteroatoms. The second-order valence-electron chi connectivity index (χ2n) is 3.18. The van der Waals surface area contributed by atoms with Crippen LogP contribution in [0.2, 0.25) is 0 Å². The van der Waals surface area contributed by atoms with Crippen molar-refractivity contribution >= 4 is 27.8 Å². The first kappa shape index (κ1) is 10.8. The number of rotatable bonds is 2. The van der Waals surface area contributed by atoms with Gasteiger partial charge in [-0.1, -0.05) is 12.1 Å². The Labute approximate surface area is 97.5 Å². The summed E-state index contributed by atoms with van der Waals surface area (Å²) in [6, 6.07) is 10.9. The summed E-state index contributed by atoms with van der Waals surface area (Å²) in [6.07, 6.45) is 0. The van der Waals surface area contributed by atoms with Crippen LogP contribution in [0.15, 0.2) is 36.4 Å². The molecule has 0 aliphatic heterocycles. The van der Waals surface area contributed by atoms with Crippen molar-refractivity contribution in [2.24, 2.45) is 0 Å². The monoisotopic (exact) mass is 236 g/mol. The van der Waals surface area contributed by atoms with Gasteiger partial charge in [-0.2, -0.15) is 0 Å². The molecule has 0 atom stereocenters. The molecule has 0 aromatic heterocycles. The fourth-order valence-corrected chi connectivity index (χ4v) is 1.62. The molecule has 0 unspecified atom stereocenters. The van der Waals surface area contributed by atoms with Gasteiger partial charge in [0.1, 0.15) is 11.5 Å². The van der Waals surface area contributed by atoms with E-state index in [1.54, 1.807) is 25.3 Å². The van der Waals surface area contributed by atoms with Gasteiger partial charge in [0.25, 0.3) is 0 Å². The molecule has 82 valence electrons. The minimum absolute atomic E-state index is 0.445. The molecule has 2 rings (SSSR count). The van der Waals surface area contributed by atoms with Gasteiger partial charge < -0.3 is 9.47 Å². The molecular weight excluding hydrogens is 228 g/mol. The lowest BCUT2D eigenvalue weighted by molar-refractivity contribution is 0.226. The third kappa shape index (κ3) is 2.09. The van der Waals surface area contributed by atoms with Crippen molar-refractivity contribution in [3.63, 3.8) is 0 Å². The van der Waals surface area contributed by atoms with Gasteiger partial charge in [0.15, 0.2) is 0 Å². The lowest BCUT2D eigenvalue weighted by atomic mass is 10.1. The third-order valence-corrected chi connectivity index (χ3v) is 2.31. The predicted octanol–water partition coefficient (Wildman–Crippen LogP) is 3.59. The Morgan fingerprint density at radius 3 is 2.75 bits per heavy atom. The van der Waals surface area contributed by atoms with Gasteiger partial charge in [-0.3, -0.25) is 0 Å². The smallest absolute Gasteiger partial charge is 0.409 e. The van der Waals surface area contributed by atoms with E-state index >= 15 is 0 Å². The summed E-state index contributed by atoms with van der Waals surface area (Å²) < 4.78 is 10.00. The standard InChI is InChI=1S/C12H9ClO3/c1-15-9-5-6-10-8(7-9)3-2-4-11(10)16-12(13)14/h2-7H,1H3. The number of ether oxygens (including phenoxy) is 2. The van der Waals surface area contributed by atoms with E-state index in [0.717, 1.165) is 16.5 Å². The topological polar surface area (TPSA) is 35.5 Å². The van der Waals surface area contributed by atoms with E-state index in [1.807, 2.05) is 18.2 Å². The van der Waals surface area contributed by atoms with Gasteiger partial charge in [0, 0.05) is 17.0 Å². The Balaban J connectivity index is 2.55. The van der Waals surface area contributed by atoms with Crippen molar-refractivity contribution in [2.45, 2.75) is 0 Å². The van der Waals surface area contributed by atoms with E-state index in [2.05, 4.69) is 0 Å². The molecule has 0 aliphatic carbocycles. The molecular formula is C12H9ClO3. The van der Waals surface area contributed by atoms with E-state index in [1.165, 1.54) is 0 Å². The first-order valence-electron chi connectivity index (χ1n) is 4.65. The number of hydrogen-bond donors (Lipinski definition) is 0. The highest BCUT2D eigenvalue weighted by atomic mass is 35.5. The zero-order chi connectivity index (χ0) is 11.5. The van der Waals surface area contributed by atoms with Crippen LogP contribution in [0.4, 0.5) is 4.79 Å². The maximum Gasteiger partial charge on any atom is 0.409 e. The molecule has 0 saturated heterocycles. The summed E-state index contributed by atoms with van der Waals surface area (Å²) in [5.74, 6) is 1.20. The molecule has 0 amide bonds. The summed E-state index contributed by atoms with van der Waals surface area (Å²) in [6.45, 7) is 0. The van der Waals surface area contributed by atoms with Crippen molar-refractivity contribution in [2.75, 3.05) is 7.11 Å². The highest BCUT2D eigenvalue weighted by Gasteiger charge is 2.05. The Morgan fingerprint density at radius 2 is 2.06 bits per heavy atom. The van der Waals surface area contributed by atoms with Crippen molar-refractivity contribution < 1.29 is 14.3 Å². The van der Waals surface area contributed by atoms with Crippen molar-refractivity contribution in [3.8, 4) is 11.5 Å². The summed E-state index contributed by atoms with van der Waals surface area (Å²) in [4.78, 5) is 10.7. The van der Waals surface area contributed by atoms with Gasteiger partial charge in [-0.15, -0.1) is 0 Å². The second-order valence-corrected chi connectivity index (χ2v) is 3.49. The second kappa shape index (κ2) is 4.41. The number of fused-ring (bicyclic) bond motifs is 1. The Morgan fingerprint density at radius 1 is 1.25 bits per heavy atom. The maximum absolute atomic E-state index is 10.7. The Kier molecular flexibility index (Phi) is 2.97. The van der Waals surface area contributed by atoms with E-state index in [-0.39, 0.29) is 0 Å². The van der Waals surface area contributed by atoms with Crippen LogP contribution in [0.25, 0.3) is 10.8 Å². The van der Waals surface area contributed by atoms with Crippen LogP contribution in [0.1, 0.15) is 0 Å². The zero-order valence-corrected chi connectivity index (χ0v) is 9.32. The highest BCUT2D eigenvalue weighted by Crippen LogP contribution is 2.28. The largest absolute Gasteiger partial charge is 0.497 e. The minimum atomic E-state index is -0.844. The molecule has 16 heavy (non-hydrogen) atoms. The fourth-order valence-electron chi connectivity index (χ4n) is 1.53. The molecule has 0 radical (unpaired) electrons. The molecule has 3 nitrogen and oxygen atoms in total. The average Bonchev–Trinajstić information content (AvgIpc) is 2.28. The fraction of sp³-hybridized carbons (Fsp3) is 0.0833. The van der Waals surface area contributed by atoms with Crippen LogP contribution in [0, 0.1) is 0 Å². The lowest BCUT2D eigenvalue weighted by Crippen LogP contribution is -1.96. The average molecular weight is 237 g/mol. The normalized spacial score (nSPS) is 10.1. The van der Waals surface area contributed by atoms with Crippen molar-refractivity contribution in [1.82, 2.24) is 0 Å². The first-order chi connectivity index (χ1) is 7.70. The van der Waals surface area contributed by atoms with Crippen LogP contribution in [0.3, 0.4) is 0 Å². The van der Waals surface area contributed by atoms with Gasteiger partial charge in [0.2, 0.25) is 0 Å². The summed E-state index contributed by atoms with van der Waals surface area (Å²) in [5, 5.41) is 1.74. The molecule has 2 aromatic carbocycles. The maximum atomic E-state index is 10.7. The van der Waals surface area contributed by atoms with E-state index in [0.29, 0.717) is 5.75 Å². The number of carbonyl (C=O) groups excluding carboxylic acids is 1. The highest BCUT2D eigenvalue weighted by molar-refractivity contribution is 6.61. The summed E-state index contributed by atoms with van der Waals surface area (Å²) in [7, 11) is 1.60. The number of carbonyl (C=O) groups is 1. The van der Waals surface area contributed by atoms with E-state index < -0.39 is 5.43 Å². The van der Waals surface area contributed by atoms with Gasteiger partial charge >= 0.3 is 5.43 Å². The Hall–Kier alpha value is -1.74. The Bertz CT molecular complexity index is 537. The lowest BCUT2D eigenvalue weighted by Gasteiger charge is -2.06. The van der Waals surface area contributed by atoms with Crippen molar-refractivity contribution in [3.05, 3.63) is 36.4 Å². The van der Waals surface area contributed by atoms with E-state index in [4.69, 9.17) is 21.1 Å². The third-order valence-electron chi connectivity index (χ3n) is 2.24. The molecule has 0 bridgehead atoms. The molecule has 0 heterocycles. The van der Waals surface area contributed by atoms with Crippen LogP contribution < -0.4 is 9.47 Å². The number of benzene rings is 2.